The van der Waals surface area contributed by atoms with Crippen molar-refractivity contribution >= 4 is 11.8 Å². The van der Waals surface area contributed by atoms with Crippen molar-refractivity contribution in [3.63, 3.8) is 0 Å². The van der Waals surface area contributed by atoms with Crippen LogP contribution < -0.4 is 4.90 Å². The molecule has 0 aromatic carbocycles. The van der Waals surface area contributed by atoms with Gasteiger partial charge in [0.15, 0.2) is 5.69 Å². The van der Waals surface area contributed by atoms with E-state index in [-0.39, 0.29) is 11.8 Å². The first kappa shape index (κ1) is 13.7. The molecule has 6 heteroatoms. The van der Waals surface area contributed by atoms with Gasteiger partial charge in [-0.25, -0.2) is 9.78 Å². The predicted molar refractivity (Wildman–Crippen MR) is 70.5 cm³/mol. The number of carboxylic acids is 1. The summed E-state index contributed by atoms with van der Waals surface area (Å²) in [4.78, 5) is 21.0. The molecular weight excluding hydrogens is 246 g/mol. The van der Waals surface area contributed by atoms with Gasteiger partial charge in [0.25, 0.3) is 0 Å². The Labute approximate surface area is 112 Å². The van der Waals surface area contributed by atoms with Gasteiger partial charge in [0, 0.05) is 19.7 Å². The highest BCUT2D eigenvalue weighted by Crippen LogP contribution is 2.19. The quantitative estimate of drug-likeness (QED) is 0.871. The minimum absolute atomic E-state index is 0.0194. The summed E-state index contributed by atoms with van der Waals surface area (Å²) in [6, 6.07) is 0. The summed E-state index contributed by atoms with van der Waals surface area (Å²) in [6.07, 6.45) is 6.14. The highest BCUT2D eigenvalue weighted by molar-refractivity contribution is 5.85. The Morgan fingerprint density at radius 1 is 1.58 bits per heavy atom. The van der Waals surface area contributed by atoms with E-state index < -0.39 is 5.97 Å². The Morgan fingerprint density at radius 3 is 3.16 bits per heavy atom. The summed E-state index contributed by atoms with van der Waals surface area (Å²) < 4.78 is 5.76. The monoisotopic (exact) mass is 265 g/mol. The molecule has 6 nitrogen and oxygen atoms in total. The second-order valence-corrected chi connectivity index (χ2v) is 4.65. The number of hydrogen-bond donors (Lipinski definition) is 1. The van der Waals surface area contributed by atoms with Gasteiger partial charge in [-0.2, -0.15) is 0 Å². The normalized spacial score (nSPS) is 19.4. The zero-order valence-corrected chi connectivity index (χ0v) is 11.1. The molecule has 1 atom stereocenters. The number of piperidine rings is 1. The zero-order valence-electron chi connectivity index (χ0n) is 11.1. The molecule has 1 saturated heterocycles. The van der Waals surface area contributed by atoms with E-state index >= 15 is 0 Å². The Balaban J connectivity index is 2.04. The fraction of sp³-hybridized carbons (Fsp3) is 0.615. The van der Waals surface area contributed by atoms with Crippen LogP contribution in [0.1, 0.15) is 36.7 Å². The molecule has 1 aliphatic heterocycles. The van der Waals surface area contributed by atoms with Gasteiger partial charge in [0.1, 0.15) is 5.82 Å². The van der Waals surface area contributed by atoms with Crippen LogP contribution in [0.4, 0.5) is 5.82 Å². The van der Waals surface area contributed by atoms with Gasteiger partial charge in [0.05, 0.1) is 18.5 Å². The first-order chi connectivity index (χ1) is 9.20. The van der Waals surface area contributed by atoms with Crippen LogP contribution in [-0.4, -0.2) is 46.8 Å². The highest BCUT2D eigenvalue weighted by Gasteiger charge is 2.22. The van der Waals surface area contributed by atoms with Gasteiger partial charge in [-0.15, -0.1) is 0 Å². The van der Waals surface area contributed by atoms with Crippen molar-refractivity contribution in [1.82, 2.24) is 9.97 Å². The number of ether oxygens (including phenoxy) is 1. The predicted octanol–water partition coefficient (Wildman–Crippen LogP) is 1.57. The SMILES string of the molecule is CCCOC1CCCN(c2cncc(C(=O)O)n2)C1. The Morgan fingerprint density at radius 2 is 2.42 bits per heavy atom. The molecule has 1 unspecified atom stereocenters. The van der Waals surface area contributed by atoms with E-state index in [0.29, 0.717) is 5.82 Å². The fourth-order valence-electron chi connectivity index (χ4n) is 2.18. The van der Waals surface area contributed by atoms with Crippen LogP contribution in [0.2, 0.25) is 0 Å². The molecule has 19 heavy (non-hydrogen) atoms. The average Bonchev–Trinajstić information content (AvgIpc) is 2.45. The maximum absolute atomic E-state index is 10.9. The molecule has 104 valence electrons. The maximum atomic E-state index is 10.9. The lowest BCUT2D eigenvalue weighted by Crippen LogP contribution is -2.40. The molecule has 1 fully saturated rings. The minimum Gasteiger partial charge on any atom is -0.476 e. The summed E-state index contributed by atoms with van der Waals surface area (Å²) in [7, 11) is 0. The number of aromatic carboxylic acids is 1. The molecule has 1 aromatic heterocycles. The number of hydrogen-bond acceptors (Lipinski definition) is 5. The molecule has 0 bridgehead atoms. The van der Waals surface area contributed by atoms with Crippen LogP contribution in [0.25, 0.3) is 0 Å². The van der Waals surface area contributed by atoms with Crippen LogP contribution in [0.5, 0.6) is 0 Å². The molecule has 0 aliphatic carbocycles. The largest absolute Gasteiger partial charge is 0.476 e. The average molecular weight is 265 g/mol. The van der Waals surface area contributed by atoms with E-state index in [9.17, 15) is 4.79 Å². The highest BCUT2D eigenvalue weighted by atomic mass is 16.5. The van der Waals surface area contributed by atoms with Crippen molar-refractivity contribution < 1.29 is 14.6 Å². The number of carbonyl (C=O) groups is 1. The first-order valence-corrected chi connectivity index (χ1v) is 6.62. The van der Waals surface area contributed by atoms with Gasteiger partial charge in [-0.3, -0.25) is 4.98 Å². The summed E-state index contributed by atoms with van der Waals surface area (Å²) in [5.74, 6) is -0.435. The van der Waals surface area contributed by atoms with Gasteiger partial charge in [0.2, 0.25) is 0 Å². The lowest BCUT2D eigenvalue weighted by atomic mass is 10.1. The molecule has 0 spiro atoms. The first-order valence-electron chi connectivity index (χ1n) is 6.62. The van der Waals surface area contributed by atoms with Crippen molar-refractivity contribution in [3.05, 3.63) is 18.1 Å². The van der Waals surface area contributed by atoms with Crippen molar-refractivity contribution in [1.29, 1.82) is 0 Å². The smallest absolute Gasteiger partial charge is 0.356 e. The molecule has 2 heterocycles. The van der Waals surface area contributed by atoms with Crippen LogP contribution in [0.15, 0.2) is 12.4 Å². The van der Waals surface area contributed by atoms with E-state index in [1.54, 1.807) is 6.20 Å². The number of aromatic nitrogens is 2. The van der Waals surface area contributed by atoms with Crippen LogP contribution in [0, 0.1) is 0 Å². The second-order valence-electron chi connectivity index (χ2n) is 4.65. The molecule has 0 radical (unpaired) electrons. The molecule has 1 aromatic rings. The van der Waals surface area contributed by atoms with Crippen molar-refractivity contribution in [2.75, 3.05) is 24.6 Å². The molecule has 0 amide bonds. The van der Waals surface area contributed by atoms with Crippen molar-refractivity contribution in [2.24, 2.45) is 0 Å². The third-order valence-corrected chi connectivity index (χ3v) is 3.10. The molecule has 0 saturated carbocycles. The van der Waals surface area contributed by atoms with E-state index in [2.05, 4.69) is 16.9 Å². The standard InChI is InChI=1S/C13H19N3O3/c1-2-6-19-10-4-3-5-16(9-10)12-8-14-7-11(15-12)13(17)18/h7-8,10H,2-6,9H2,1H3,(H,17,18). The van der Waals surface area contributed by atoms with Crippen molar-refractivity contribution in [2.45, 2.75) is 32.3 Å². The number of rotatable bonds is 5. The van der Waals surface area contributed by atoms with E-state index in [1.807, 2.05) is 4.90 Å². The zero-order chi connectivity index (χ0) is 13.7. The number of nitrogens with zero attached hydrogens (tertiary/aromatic N) is 3. The summed E-state index contributed by atoms with van der Waals surface area (Å²) in [5, 5.41) is 8.93. The number of carboxylic acid groups (broad SMARTS) is 1. The van der Waals surface area contributed by atoms with Crippen LogP contribution in [-0.2, 0) is 4.74 Å². The van der Waals surface area contributed by atoms with Gasteiger partial charge >= 0.3 is 5.97 Å². The molecular formula is C13H19N3O3. The Hall–Kier alpha value is -1.69. The third kappa shape index (κ3) is 3.64. The van der Waals surface area contributed by atoms with E-state index in [4.69, 9.17) is 9.84 Å². The van der Waals surface area contributed by atoms with Crippen LogP contribution in [0.3, 0.4) is 0 Å². The van der Waals surface area contributed by atoms with Crippen LogP contribution >= 0.6 is 0 Å². The maximum Gasteiger partial charge on any atom is 0.356 e. The third-order valence-electron chi connectivity index (χ3n) is 3.10. The van der Waals surface area contributed by atoms with Gasteiger partial charge < -0.3 is 14.7 Å². The lowest BCUT2D eigenvalue weighted by molar-refractivity contribution is 0.0439. The molecule has 1 N–H and O–H groups in total. The van der Waals surface area contributed by atoms with Gasteiger partial charge in [-0.1, -0.05) is 6.92 Å². The second kappa shape index (κ2) is 6.47. The minimum atomic E-state index is -1.05. The summed E-state index contributed by atoms with van der Waals surface area (Å²) in [5.41, 5.74) is -0.0194. The lowest BCUT2D eigenvalue weighted by Gasteiger charge is -2.33. The van der Waals surface area contributed by atoms with Gasteiger partial charge in [-0.05, 0) is 19.3 Å². The summed E-state index contributed by atoms with van der Waals surface area (Å²) >= 11 is 0. The Bertz CT molecular complexity index is 439. The fourth-order valence-corrected chi connectivity index (χ4v) is 2.18. The van der Waals surface area contributed by atoms with Crippen molar-refractivity contribution in [3.8, 4) is 0 Å². The Kier molecular flexibility index (Phi) is 4.68. The topological polar surface area (TPSA) is 75.5 Å². The molecule has 1 aliphatic rings. The molecule has 2 rings (SSSR count). The van der Waals surface area contributed by atoms with E-state index in [1.165, 1.54) is 6.20 Å². The number of anilines is 1. The van der Waals surface area contributed by atoms with E-state index in [0.717, 1.165) is 39.0 Å². The summed E-state index contributed by atoms with van der Waals surface area (Å²) in [6.45, 7) is 4.46.